The van der Waals surface area contributed by atoms with E-state index >= 15 is 0 Å². The number of carbonyl (C=O) groups is 1. The summed E-state index contributed by atoms with van der Waals surface area (Å²) in [7, 11) is 0. The van der Waals surface area contributed by atoms with Crippen LogP contribution < -0.4 is 10.9 Å². The number of nitrogens with zero attached hydrogens (tertiary/aromatic N) is 3. The number of nitrogens with one attached hydrogen (secondary N) is 2. The summed E-state index contributed by atoms with van der Waals surface area (Å²) >= 11 is 5.68. The summed E-state index contributed by atoms with van der Waals surface area (Å²) < 4.78 is 15.2. The van der Waals surface area contributed by atoms with E-state index in [0.717, 1.165) is 6.07 Å². The SMILES string of the molecule is Cc1c(C(=O)Nc2ccc(Cl)cc2F)cnn1-c1ccc(=O)[nH]n1. The van der Waals surface area contributed by atoms with Gasteiger partial charge in [-0.2, -0.15) is 10.2 Å². The van der Waals surface area contributed by atoms with E-state index in [1.165, 1.54) is 35.1 Å². The van der Waals surface area contributed by atoms with Crippen molar-refractivity contribution in [3.05, 3.63) is 69.0 Å². The molecule has 9 heteroatoms. The number of halogens is 2. The highest BCUT2D eigenvalue weighted by atomic mass is 35.5. The van der Waals surface area contributed by atoms with Crippen molar-refractivity contribution >= 4 is 23.2 Å². The minimum atomic E-state index is -0.636. The topological polar surface area (TPSA) is 92.7 Å². The second-order valence-electron chi connectivity index (χ2n) is 4.91. The van der Waals surface area contributed by atoms with Gasteiger partial charge in [0, 0.05) is 11.1 Å². The van der Waals surface area contributed by atoms with Gasteiger partial charge >= 0.3 is 0 Å². The van der Waals surface area contributed by atoms with Crippen molar-refractivity contribution in [2.45, 2.75) is 6.92 Å². The number of anilines is 1. The number of benzene rings is 1. The molecule has 2 N–H and O–H groups in total. The Morgan fingerprint density at radius 2 is 2.12 bits per heavy atom. The van der Waals surface area contributed by atoms with Gasteiger partial charge in [0.25, 0.3) is 11.5 Å². The first-order valence-corrected chi connectivity index (χ1v) is 7.20. The van der Waals surface area contributed by atoms with E-state index in [4.69, 9.17) is 11.6 Å². The summed E-state index contributed by atoms with van der Waals surface area (Å²) in [5.74, 6) is -0.809. The molecule has 3 rings (SSSR count). The lowest BCUT2D eigenvalue weighted by Gasteiger charge is -2.07. The largest absolute Gasteiger partial charge is 0.319 e. The van der Waals surface area contributed by atoms with Gasteiger partial charge in [0.15, 0.2) is 5.82 Å². The molecule has 2 heterocycles. The van der Waals surface area contributed by atoms with Crippen LogP contribution in [0.5, 0.6) is 0 Å². The molecule has 7 nitrogen and oxygen atoms in total. The minimum Gasteiger partial charge on any atom is -0.319 e. The molecule has 24 heavy (non-hydrogen) atoms. The summed E-state index contributed by atoms with van der Waals surface area (Å²) in [6.07, 6.45) is 1.34. The number of amides is 1. The zero-order chi connectivity index (χ0) is 17.3. The van der Waals surface area contributed by atoms with E-state index in [9.17, 15) is 14.0 Å². The molecule has 1 amide bonds. The molecule has 1 aromatic carbocycles. The van der Waals surface area contributed by atoms with Crippen LogP contribution in [-0.4, -0.2) is 25.9 Å². The van der Waals surface area contributed by atoms with Crippen molar-refractivity contribution < 1.29 is 9.18 Å². The number of hydrogen-bond acceptors (Lipinski definition) is 4. The Hall–Kier alpha value is -3.00. The first-order valence-electron chi connectivity index (χ1n) is 6.83. The molecule has 0 spiro atoms. The van der Waals surface area contributed by atoms with Crippen molar-refractivity contribution in [3.63, 3.8) is 0 Å². The van der Waals surface area contributed by atoms with Crippen molar-refractivity contribution in [1.29, 1.82) is 0 Å². The van der Waals surface area contributed by atoms with E-state index in [1.54, 1.807) is 6.92 Å². The lowest BCUT2D eigenvalue weighted by molar-refractivity contribution is 0.102. The van der Waals surface area contributed by atoms with Crippen LogP contribution in [0.1, 0.15) is 16.1 Å². The number of hydrogen-bond donors (Lipinski definition) is 2. The molecule has 0 saturated carbocycles. The third kappa shape index (κ3) is 3.04. The predicted octanol–water partition coefficient (Wildman–Crippen LogP) is 2.31. The van der Waals surface area contributed by atoms with Crippen LogP contribution in [0.2, 0.25) is 5.02 Å². The standard InChI is InChI=1S/C15H11ClFN5O2/c1-8-10(7-18-22(8)13-4-5-14(23)21-20-13)15(24)19-12-3-2-9(16)6-11(12)17/h2-7H,1H3,(H,19,24)(H,21,23). The predicted molar refractivity (Wildman–Crippen MR) is 86.1 cm³/mol. The fraction of sp³-hybridized carbons (Fsp3) is 0.0667. The van der Waals surface area contributed by atoms with Gasteiger partial charge in [0.2, 0.25) is 0 Å². The number of carbonyl (C=O) groups excluding carboxylic acids is 1. The van der Waals surface area contributed by atoms with E-state index < -0.39 is 11.7 Å². The molecule has 0 fully saturated rings. The molecule has 122 valence electrons. The Kier molecular flexibility index (Phi) is 4.13. The molecular weight excluding hydrogens is 337 g/mol. The van der Waals surface area contributed by atoms with Crippen LogP contribution in [0.15, 0.2) is 41.3 Å². The Balaban J connectivity index is 1.88. The lowest BCUT2D eigenvalue weighted by Crippen LogP contribution is -2.15. The second-order valence-corrected chi connectivity index (χ2v) is 5.35. The fourth-order valence-electron chi connectivity index (χ4n) is 2.10. The Labute approximate surface area is 140 Å². The molecule has 0 unspecified atom stereocenters. The van der Waals surface area contributed by atoms with E-state index in [-0.39, 0.29) is 21.8 Å². The molecule has 3 aromatic rings. The summed E-state index contributed by atoms with van der Waals surface area (Å²) in [5.41, 5.74) is 0.400. The molecule has 0 aliphatic carbocycles. The molecule has 0 saturated heterocycles. The highest BCUT2D eigenvalue weighted by molar-refractivity contribution is 6.30. The van der Waals surface area contributed by atoms with Crippen LogP contribution in [-0.2, 0) is 0 Å². The highest BCUT2D eigenvalue weighted by Gasteiger charge is 2.17. The third-order valence-corrected chi connectivity index (χ3v) is 3.55. The van der Waals surface area contributed by atoms with Gasteiger partial charge in [-0.05, 0) is 31.2 Å². The third-order valence-electron chi connectivity index (χ3n) is 3.32. The summed E-state index contributed by atoms with van der Waals surface area (Å²) in [5, 5.41) is 12.9. The summed E-state index contributed by atoms with van der Waals surface area (Å²) in [6, 6.07) is 6.73. The molecular formula is C15H11ClFN5O2. The lowest BCUT2D eigenvalue weighted by atomic mass is 10.2. The van der Waals surface area contributed by atoms with Crippen molar-refractivity contribution in [2.75, 3.05) is 5.32 Å². The fourth-order valence-corrected chi connectivity index (χ4v) is 2.26. The van der Waals surface area contributed by atoms with Crippen LogP contribution in [0.4, 0.5) is 10.1 Å². The van der Waals surface area contributed by atoms with Gasteiger partial charge in [-0.3, -0.25) is 9.59 Å². The zero-order valence-corrected chi connectivity index (χ0v) is 13.1. The quantitative estimate of drug-likeness (QED) is 0.760. The van der Waals surface area contributed by atoms with Gasteiger partial charge in [-0.25, -0.2) is 14.2 Å². The van der Waals surface area contributed by atoms with Crippen LogP contribution in [0.25, 0.3) is 5.82 Å². The average Bonchev–Trinajstić information content (AvgIpc) is 2.92. The number of rotatable bonds is 3. The molecule has 0 atom stereocenters. The zero-order valence-electron chi connectivity index (χ0n) is 12.4. The van der Waals surface area contributed by atoms with E-state index in [2.05, 4.69) is 20.6 Å². The minimum absolute atomic E-state index is 0.0127. The molecule has 0 bridgehead atoms. The number of H-pyrrole nitrogens is 1. The average molecular weight is 348 g/mol. The van der Waals surface area contributed by atoms with E-state index in [0.29, 0.717) is 11.5 Å². The van der Waals surface area contributed by atoms with E-state index in [1.807, 2.05) is 0 Å². The molecule has 0 radical (unpaired) electrons. The van der Waals surface area contributed by atoms with Crippen molar-refractivity contribution in [1.82, 2.24) is 20.0 Å². The maximum atomic E-state index is 13.8. The van der Waals surface area contributed by atoms with Gasteiger partial charge in [-0.1, -0.05) is 11.6 Å². The van der Waals surface area contributed by atoms with Gasteiger partial charge < -0.3 is 5.32 Å². The van der Waals surface area contributed by atoms with Gasteiger partial charge in [0.1, 0.15) is 5.82 Å². The summed E-state index contributed by atoms with van der Waals surface area (Å²) in [6.45, 7) is 1.66. The van der Waals surface area contributed by atoms with Crippen molar-refractivity contribution in [3.8, 4) is 5.82 Å². The van der Waals surface area contributed by atoms with Crippen molar-refractivity contribution in [2.24, 2.45) is 0 Å². The number of aromatic amines is 1. The van der Waals surface area contributed by atoms with Crippen LogP contribution in [0.3, 0.4) is 0 Å². The Bertz CT molecular complexity index is 962. The smallest absolute Gasteiger partial charge is 0.264 e. The summed E-state index contributed by atoms with van der Waals surface area (Å²) in [4.78, 5) is 23.4. The highest BCUT2D eigenvalue weighted by Crippen LogP contribution is 2.20. The van der Waals surface area contributed by atoms with Gasteiger partial charge in [-0.15, -0.1) is 0 Å². The maximum Gasteiger partial charge on any atom is 0.264 e. The molecule has 0 aliphatic rings. The molecule has 0 aliphatic heterocycles. The number of aromatic nitrogens is 4. The Morgan fingerprint density at radius 1 is 1.33 bits per heavy atom. The first kappa shape index (κ1) is 15.9. The monoisotopic (exact) mass is 347 g/mol. The normalized spacial score (nSPS) is 10.6. The molecule has 2 aromatic heterocycles. The Morgan fingerprint density at radius 3 is 2.79 bits per heavy atom. The van der Waals surface area contributed by atoms with Crippen LogP contribution in [0, 0.1) is 12.7 Å². The van der Waals surface area contributed by atoms with Gasteiger partial charge in [0.05, 0.1) is 23.1 Å². The van der Waals surface area contributed by atoms with Crippen LogP contribution >= 0.6 is 11.6 Å². The maximum absolute atomic E-state index is 13.8. The first-order chi connectivity index (χ1) is 11.5. The second kappa shape index (κ2) is 6.25.